The first kappa shape index (κ1) is 12.9. The molecule has 0 aliphatic heterocycles. The normalized spacial score (nSPS) is 10.2. The second kappa shape index (κ2) is 6.43. The van der Waals surface area contributed by atoms with Gasteiger partial charge in [0, 0.05) is 6.54 Å². The molecule has 0 aliphatic carbocycles. The van der Waals surface area contributed by atoms with Crippen molar-refractivity contribution in [1.29, 1.82) is 0 Å². The Bertz CT molecular complexity index is 508. The second-order valence-electron chi connectivity index (χ2n) is 3.83. The van der Waals surface area contributed by atoms with E-state index in [9.17, 15) is 4.79 Å². The molecule has 2 rings (SSSR count). The summed E-state index contributed by atoms with van der Waals surface area (Å²) in [5.74, 6) is 0.946. The number of aromatic nitrogens is 5. The summed E-state index contributed by atoms with van der Waals surface area (Å²) in [6.07, 6.45) is 5.36. The number of rotatable bonds is 6. The average molecular weight is 261 g/mol. The first-order valence-electron chi connectivity index (χ1n) is 5.98. The summed E-state index contributed by atoms with van der Waals surface area (Å²) in [6, 6.07) is 0. The predicted octanol–water partition coefficient (Wildman–Crippen LogP) is 0.347. The Kier molecular flexibility index (Phi) is 4.38. The topological polar surface area (TPSA) is 108 Å². The molecule has 100 valence electrons. The molecule has 0 fully saturated rings. The van der Waals surface area contributed by atoms with Crippen LogP contribution in [-0.2, 0) is 6.54 Å². The van der Waals surface area contributed by atoms with Crippen molar-refractivity contribution in [3.63, 3.8) is 0 Å². The Morgan fingerprint density at radius 2 is 2.21 bits per heavy atom. The van der Waals surface area contributed by atoms with Crippen LogP contribution < -0.4 is 10.6 Å². The zero-order valence-corrected chi connectivity index (χ0v) is 10.6. The number of nitrogens with one attached hydrogen (secondary N) is 3. The number of hydrogen-bond acceptors (Lipinski definition) is 6. The third-order valence-corrected chi connectivity index (χ3v) is 2.32. The van der Waals surface area contributed by atoms with Crippen molar-refractivity contribution in [1.82, 2.24) is 30.5 Å². The lowest BCUT2D eigenvalue weighted by Crippen LogP contribution is -2.24. The maximum Gasteiger partial charge on any atom is 0.271 e. The van der Waals surface area contributed by atoms with Gasteiger partial charge < -0.3 is 10.6 Å². The van der Waals surface area contributed by atoms with Crippen LogP contribution in [-0.4, -0.2) is 37.6 Å². The van der Waals surface area contributed by atoms with Gasteiger partial charge in [0.05, 0.1) is 18.9 Å². The molecule has 0 aliphatic rings. The summed E-state index contributed by atoms with van der Waals surface area (Å²) in [6.45, 7) is 3.16. The summed E-state index contributed by atoms with van der Waals surface area (Å²) >= 11 is 0. The fourth-order valence-electron chi connectivity index (χ4n) is 1.36. The second-order valence-corrected chi connectivity index (χ2v) is 3.83. The van der Waals surface area contributed by atoms with Gasteiger partial charge in [0.25, 0.3) is 5.91 Å². The lowest BCUT2D eigenvalue weighted by molar-refractivity contribution is 0.0944. The molecule has 2 heterocycles. The SMILES string of the molecule is CCCNc1cnc(C(=O)NCc2ncn[nH]2)cn1. The van der Waals surface area contributed by atoms with Crippen LogP contribution in [0.5, 0.6) is 0 Å². The summed E-state index contributed by atoms with van der Waals surface area (Å²) in [7, 11) is 0. The van der Waals surface area contributed by atoms with Crippen molar-refractivity contribution in [3.8, 4) is 0 Å². The Morgan fingerprint density at radius 1 is 1.32 bits per heavy atom. The Labute approximate surface area is 110 Å². The molecule has 0 saturated heterocycles. The highest BCUT2D eigenvalue weighted by Crippen LogP contribution is 2.01. The molecule has 1 amide bonds. The van der Waals surface area contributed by atoms with Crippen LogP contribution in [0.3, 0.4) is 0 Å². The Hall–Kier alpha value is -2.51. The van der Waals surface area contributed by atoms with E-state index in [-0.39, 0.29) is 18.1 Å². The number of amides is 1. The van der Waals surface area contributed by atoms with Gasteiger partial charge in [0.15, 0.2) is 0 Å². The van der Waals surface area contributed by atoms with Crippen molar-refractivity contribution < 1.29 is 4.79 Å². The number of aromatic amines is 1. The quantitative estimate of drug-likeness (QED) is 0.692. The van der Waals surface area contributed by atoms with Crippen LogP contribution in [0.1, 0.15) is 29.7 Å². The van der Waals surface area contributed by atoms with E-state index >= 15 is 0 Å². The lowest BCUT2D eigenvalue weighted by atomic mass is 10.4. The van der Waals surface area contributed by atoms with Crippen molar-refractivity contribution in [2.75, 3.05) is 11.9 Å². The number of carbonyl (C=O) groups is 1. The van der Waals surface area contributed by atoms with Gasteiger partial charge in [-0.25, -0.2) is 15.0 Å². The van der Waals surface area contributed by atoms with Crippen LogP contribution >= 0.6 is 0 Å². The molecule has 19 heavy (non-hydrogen) atoms. The maximum atomic E-state index is 11.8. The van der Waals surface area contributed by atoms with Crippen molar-refractivity contribution in [3.05, 3.63) is 30.2 Å². The third-order valence-electron chi connectivity index (χ3n) is 2.32. The van der Waals surface area contributed by atoms with Gasteiger partial charge in [0.1, 0.15) is 23.7 Å². The van der Waals surface area contributed by atoms with E-state index in [1.165, 1.54) is 12.5 Å². The molecular weight excluding hydrogens is 246 g/mol. The summed E-state index contributed by atoms with van der Waals surface area (Å²) in [5.41, 5.74) is 0.265. The molecule has 0 saturated carbocycles. The number of H-pyrrole nitrogens is 1. The molecule has 0 unspecified atom stereocenters. The summed E-state index contributed by atoms with van der Waals surface area (Å²) < 4.78 is 0. The summed E-state index contributed by atoms with van der Waals surface area (Å²) in [4.78, 5) is 23.8. The van der Waals surface area contributed by atoms with Gasteiger partial charge in [-0.15, -0.1) is 0 Å². The summed E-state index contributed by atoms with van der Waals surface area (Å²) in [5, 5.41) is 12.1. The van der Waals surface area contributed by atoms with Crippen LogP contribution in [0.4, 0.5) is 5.82 Å². The van der Waals surface area contributed by atoms with Crippen molar-refractivity contribution >= 4 is 11.7 Å². The van der Waals surface area contributed by atoms with Gasteiger partial charge >= 0.3 is 0 Å². The molecule has 0 radical (unpaired) electrons. The number of hydrogen-bond donors (Lipinski definition) is 3. The van der Waals surface area contributed by atoms with Crippen molar-refractivity contribution in [2.45, 2.75) is 19.9 Å². The van der Waals surface area contributed by atoms with Crippen LogP contribution in [0.25, 0.3) is 0 Å². The highest BCUT2D eigenvalue weighted by Gasteiger charge is 2.08. The minimum absolute atomic E-state index is 0.265. The molecule has 0 bridgehead atoms. The highest BCUT2D eigenvalue weighted by molar-refractivity contribution is 5.91. The Morgan fingerprint density at radius 3 is 2.84 bits per heavy atom. The van der Waals surface area contributed by atoms with E-state index in [1.54, 1.807) is 6.20 Å². The van der Waals surface area contributed by atoms with Crippen molar-refractivity contribution in [2.24, 2.45) is 0 Å². The zero-order chi connectivity index (χ0) is 13.5. The molecule has 3 N–H and O–H groups in total. The van der Waals surface area contributed by atoms with E-state index in [4.69, 9.17) is 0 Å². The van der Waals surface area contributed by atoms with Gasteiger partial charge in [-0.3, -0.25) is 9.89 Å². The van der Waals surface area contributed by atoms with E-state index < -0.39 is 0 Å². The average Bonchev–Trinajstić information content (AvgIpc) is 2.96. The molecule has 2 aromatic heterocycles. The predicted molar refractivity (Wildman–Crippen MR) is 68.4 cm³/mol. The lowest BCUT2D eigenvalue weighted by Gasteiger charge is -2.04. The van der Waals surface area contributed by atoms with Gasteiger partial charge in [-0.05, 0) is 6.42 Å². The fraction of sp³-hybridized carbons (Fsp3) is 0.364. The molecule has 0 aromatic carbocycles. The van der Waals surface area contributed by atoms with Crippen LogP contribution in [0.2, 0.25) is 0 Å². The van der Waals surface area contributed by atoms with Crippen LogP contribution in [0.15, 0.2) is 18.7 Å². The monoisotopic (exact) mass is 261 g/mol. The highest BCUT2D eigenvalue weighted by atomic mass is 16.1. The van der Waals surface area contributed by atoms with E-state index in [2.05, 4.69) is 42.7 Å². The molecule has 2 aromatic rings. The molecular formula is C11H15N7O. The Balaban J connectivity index is 1.88. The van der Waals surface area contributed by atoms with Gasteiger partial charge in [-0.1, -0.05) is 6.92 Å². The molecule has 8 heteroatoms. The van der Waals surface area contributed by atoms with E-state index in [0.29, 0.717) is 11.6 Å². The number of nitrogens with zero attached hydrogens (tertiary/aromatic N) is 4. The number of carbonyl (C=O) groups excluding carboxylic acids is 1. The molecule has 8 nitrogen and oxygen atoms in total. The maximum absolute atomic E-state index is 11.8. The van der Waals surface area contributed by atoms with E-state index in [1.807, 2.05) is 0 Å². The number of anilines is 1. The zero-order valence-electron chi connectivity index (χ0n) is 10.6. The minimum atomic E-state index is -0.300. The van der Waals surface area contributed by atoms with Crippen LogP contribution in [0, 0.1) is 0 Å². The molecule has 0 spiro atoms. The molecule has 0 atom stereocenters. The minimum Gasteiger partial charge on any atom is -0.369 e. The van der Waals surface area contributed by atoms with Gasteiger partial charge in [0.2, 0.25) is 0 Å². The largest absolute Gasteiger partial charge is 0.369 e. The van der Waals surface area contributed by atoms with E-state index in [0.717, 1.165) is 13.0 Å². The first-order chi connectivity index (χ1) is 9.29. The third kappa shape index (κ3) is 3.73. The fourth-order valence-corrected chi connectivity index (χ4v) is 1.36. The standard InChI is InChI=1S/C11H15N7O/c1-2-3-12-9-5-13-8(4-14-9)11(19)15-6-10-16-7-17-18-10/h4-5,7H,2-3,6H2,1H3,(H,12,14)(H,15,19)(H,16,17,18). The first-order valence-corrected chi connectivity index (χ1v) is 5.98. The smallest absolute Gasteiger partial charge is 0.271 e. The van der Waals surface area contributed by atoms with Gasteiger partial charge in [-0.2, -0.15) is 5.10 Å².